The maximum atomic E-state index is 13.3. The second-order valence-corrected chi connectivity index (χ2v) is 10.2. The molecule has 176 valence electrons. The summed E-state index contributed by atoms with van der Waals surface area (Å²) >= 11 is 0. The topological polar surface area (TPSA) is 108 Å². The molecule has 1 atom stereocenters. The number of hydrogen-bond acceptors (Lipinski definition) is 6. The van der Waals surface area contributed by atoms with E-state index in [-0.39, 0.29) is 12.6 Å². The summed E-state index contributed by atoms with van der Waals surface area (Å²) in [4.78, 5) is 26.8. The Labute approximate surface area is 189 Å². The van der Waals surface area contributed by atoms with Crippen LogP contribution in [0.15, 0.2) is 28.3 Å². The fraction of sp³-hybridized carbons (Fsp3) is 0.545. The van der Waals surface area contributed by atoms with Gasteiger partial charge in [-0.3, -0.25) is 4.90 Å². The number of rotatable bonds is 6. The molecule has 1 saturated heterocycles. The Hall–Kier alpha value is -2.43. The number of urea groups is 1. The van der Waals surface area contributed by atoms with Crippen LogP contribution in [0, 0.1) is 20.8 Å². The van der Waals surface area contributed by atoms with E-state index < -0.39 is 22.0 Å². The van der Waals surface area contributed by atoms with E-state index >= 15 is 0 Å². The standard InChI is InChI=1S/C22H32N4O5S/c1-6-31-21(27)19-17(5)23-22(28)24-18(19)13-25-7-9-26(10-8-25)32(29,30)20-15(3)11-14(2)12-16(20)4/h11-12,17H,6-10,13H2,1-5H3,(H2,23,24,28)/t17-/m1/s1. The lowest BCUT2D eigenvalue weighted by Gasteiger charge is -2.36. The van der Waals surface area contributed by atoms with Gasteiger partial charge in [0.2, 0.25) is 10.0 Å². The molecule has 0 bridgehead atoms. The van der Waals surface area contributed by atoms with Crippen molar-refractivity contribution < 1.29 is 22.7 Å². The fourth-order valence-electron chi connectivity index (χ4n) is 4.46. The van der Waals surface area contributed by atoms with Crippen LogP contribution in [0.1, 0.15) is 30.5 Å². The molecule has 0 spiro atoms. The molecule has 0 aromatic heterocycles. The Morgan fingerprint density at radius 2 is 1.72 bits per heavy atom. The van der Waals surface area contributed by atoms with E-state index in [1.54, 1.807) is 13.8 Å². The maximum Gasteiger partial charge on any atom is 0.337 e. The van der Waals surface area contributed by atoms with Crippen LogP contribution in [0.5, 0.6) is 0 Å². The van der Waals surface area contributed by atoms with Crippen LogP contribution in [0.2, 0.25) is 0 Å². The van der Waals surface area contributed by atoms with Crippen LogP contribution >= 0.6 is 0 Å². The molecule has 10 heteroatoms. The van der Waals surface area contributed by atoms with Crippen molar-refractivity contribution in [1.29, 1.82) is 0 Å². The third kappa shape index (κ3) is 4.97. The van der Waals surface area contributed by atoms with Crippen molar-refractivity contribution in [2.24, 2.45) is 0 Å². The van der Waals surface area contributed by atoms with E-state index in [4.69, 9.17) is 4.74 Å². The van der Waals surface area contributed by atoms with Crippen LogP contribution in [0.3, 0.4) is 0 Å². The Kier molecular flexibility index (Phi) is 7.26. The van der Waals surface area contributed by atoms with E-state index in [1.807, 2.05) is 37.8 Å². The number of carbonyl (C=O) groups excluding carboxylic acids is 2. The van der Waals surface area contributed by atoms with Crippen molar-refractivity contribution in [3.63, 3.8) is 0 Å². The van der Waals surface area contributed by atoms with Gasteiger partial charge in [-0.05, 0) is 45.7 Å². The highest BCUT2D eigenvalue weighted by molar-refractivity contribution is 7.89. The summed E-state index contributed by atoms with van der Waals surface area (Å²) in [5, 5.41) is 5.41. The number of piperazine rings is 1. The number of amides is 2. The van der Waals surface area contributed by atoms with Crippen molar-refractivity contribution in [3.8, 4) is 0 Å². The molecule has 2 heterocycles. The molecule has 32 heavy (non-hydrogen) atoms. The minimum absolute atomic E-state index is 0.241. The molecule has 9 nitrogen and oxygen atoms in total. The molecule has 2 aliphatic heterocycles. The second-order valence-electron chi connectivity index (χ2n) is 8.34. The van der Waals surface area contributed by atoms with Gasteiger partial charge >= 0.3 is 12.0 Å². The van der Waals surface area contributed by atoms with Gasteiger partial charge in [-0.2, -0.15) is 4.31 Å². The van der Waals surface area contributed by atoms with Gasteiger partial charge in [0, 0.05) is 38.4 Å². The smallest absolute Gasteiger partial charge is 0.337 e. The van der Waals surface area contributed by atoms with E-state index in [1.165, 1.54) is 4.31 Å². The molecule has 2 aliphatic rings. The predicted octanol–water partition coefficient (Wildman–Crippen LogP) is 1.44. The Morgan fingerprint density at radius 3 is 2.28 bits per heavy atom. The largest absolute Gasteiger partial charge is 0.463 e. The average molecular weight is 465 g/mol. The molecular weight excluding hydrogens is 432 g/mol. The van der Waals surface area contributed by atoms with Crippen LogP contribution in [0.25, 0.3) is 0 Å². The van der Waals surface area contributed by atoms with Crippen LogP contribution in [0.4, 0.5) is 4.79 Å². The van der Waals surface area contributed by atoms with Crippen molar-refractivity contribution >= 4 is 22.0 Å². The number of hydrogen-bond donors (Lipinski definition) is 2. The van der Waals surface area contributed by atoms with Crippen molar-refractivity contribution in [2.75, 3.05) is 39.3 Å². The minimum Gasteiger partial charge on any atom is -0.463 e. The lowest BCUT2D eigenvalue weighted by Crippen LogP contribution is -2.54. The maximum absolute atomic E-state index is 13.3. The van der Waals surface area contributed by atoms with Crippen LogP contribution in [-0.2, 0) is 19.6 Å². The molecular formula is C22H32N4O5S. The monoisotopic (exact) mass is 464 g/mol. The normalized spacial score (nSPS) is 20.7. The van der Waals surface area contributed by atoms with Gasteiger partial charge in [0.15, 0.2) is 0 Å². The quantitative estimate of drug-likeness (QED) is 0.617. The highest BCUT2D eigenvalue weighted by Crippen LogP contribution is 2.26. The number of nitrogens with zero attached hydrogens (tertiary/aromatic N) is 2. The summed E-state index contributed by atoms with van der Waals surface area (Å²) in [5.74, 6) is -0.464. The molecule has 0 radical (unpaired) electrons. The number of ether oxygens (including phenoxy) is 1. The summed E-state index contributed by atoms with van der Waals surface area (Å²) in [5.41, 5.74) is 3.43. The molecule has 2 amide bonds. The summed E-state index contributed by atoms with van der Waals surface area (Å²) < 4.78 is 33.3. The fourth-order valence-corrected chi connectivity index (χ4v) is 6.29. The average Bonchev–Trinajstić information content (AvgIpc) is 2.67. The zero-order chi connectivity index (χ0) is 23.6. The van der Waals surface area contributed by atoms with Gasteiger partial charge in [0.05, 0.1) is 23.1 Å². The number of benzene rings is 1. The first-order valence-electron chi connectivity index (χ1n) is 10.8. The van der Waals surface area contributed by atoms with Crippen molar-refractivity contribution in [3.05, 3.63) is 40.1 Å². The SMILES string of the molecule is CCOC(=O)C1=C(CN2CCN(S(=O)(=O)c3c(C)cc(C)cc3C)CC2)NC(=O)N[C@@H]1C. The lowest BCUT2D eigenvalue weighted by atomic mass is 10.0. The van der Waals surface area contributed by atoms with E-state index in [0.717, 1.165) is 16.7 Å². The highest BCUT2D eigenvalue weighted by atomic mass is 32.2. The van der Waals surface area contributed by atoms with Gasteiger partial charge < -0.3 is 15.4 Å². The molecule has 0 unspecified atom stereocenters. The van der Waals surface area contributed by atoms with Gasteiger partial charge in [0.1, 0.15) is 0 Å². The van der Waals surface area contributed by atoms with Gasteiger partial charge in [-0.15, -0.1) is 0 Å². The molecule has 2 N–H and O–H groups in total. The van der Waals surface area contributed by atoms with Crippen LogP contribution in [-0.4, -0.2) is 75.0 Å². The zero-order valence-corrected chi connectivity index (χ0v) is 20.1. The summed E-state index contributed by atoms with van der Waals surface area (Å²) in [7, 11) is -3.60. The first-order valence-corrected chi connectivity index (χ1v) is 12.3. The third-order valence-electron chi connectivity index (χ3n) is 5.78. The number of esters is 1. The number of carbonyl (C=O) groups is 2. The van der Waals surface area contributed by atoms with E-state index in [2.05, 4.69) is 10.6 Å². The zero-order valence-electron chi connectivity index (χ0n) is 19.3. The minimum atomic E-state index is -3.60. The summed E-state index contributed by atoms with van der Waals surface area (Å²) in [6.45, 7) is 11.3. The Bertz CT molecular complexity index is 1020. The first kappa shape index (κ1) is 24.2. The molecule has 0 aliphatic carbocycles. The molecule has 1 fully saturated rings. The highest BCUT2D eigenvalue weighted by Gasteiger charge is 2.34. The summed E-state index contributed by atoms with van der Waals surface area (Å²) in [6, 6.07) is 2.94. The number of aryl methyl sites for hydroxylation is 3. The molecule has 1 aromatic carbocycles. The molecule has 0 saturated carbocycles. The van der Waals surface area contributed by atoms with Crippen LogP contribution < -0.4 is 10.6 Å². The molecule has 3 rings (SSSR count). The number of nitrogens with one attached hydrogen (secondary N) is 2. The third-order valence-corrected chi connectivity index (χ3v) is 7.99. The molecule has 1 aromatic rings. The predicted molar refractivity (Wildman–Crippen MR) is 121 cm³/mol. The number of sulfonamides is 1. The van der Waals surface area contributed by atoms with E-state index in [0.29, 0.717) is 48.9 Å². The lowest BCUT2D eigenvalue weighted by molar-refractivity contribution is -0.139. The second kappa shape index (κ2) is 9.60. The van der Waals surface area contributed by atoms with E-state index in [9.17, 15) is 18.0 Å². The van der Waals surface area contributed by atoms with Gasteiger partial charge in [-0.1, -0.05) is 17.7 Å². The van der Waals surface area contributed by atoms with Gasteiger partial charge in [-0.25, -0.2) is 18.0 Å². The Morgan fingerprint density at radius 1 is 1.12 bits per heavy atom. The van der Waals surface area contributed by atoms with Crippen molar-refractivity contribution in [1.82, 2.24) is 19.8 Å². The van der Waals surface area contributed by atoms with Gasteiger partial charge in [0.25, 0.3) is 0 Å². The first-order chi connectivity index (χ1) is 15.0. The summed E-state index contributed by atoms with van der Waals surface area (Å²) in [6.07, 6.45) is 0. The van der Waals surface area contributed by atoms with Crippen molar-refractivity contribution in [2.45, 2.75) is 45.6 Å². The Balaban J connectivity index is 1.75.